The summed E-state index contributed by atoms with van der Waals surface area (Å²) in [5.74, 6) is -0.507. The third-order valence-electron chi connectivity index (χ3n) is 4.72. The van der Waals surface area contributed by atoms with Crippen LogP contribution in [0, 0.1) is 0 Å². The summed E-state index contributed by atoms with van der Waals surface area (Å²) in [6.07, 6.45) is 0. The third-order valence-corrected chi connectivity index (χ3v) is 4.72. The van der Waals surface area contributed by atoms with Gasteiger partial charge < -0.3 is 10.1 Å². The van der Waals surface area contributed by atoms with Gasteiger partial charge in [-0.25, -0.2) is 4.79 Å². The van der Waals surface area contributed by atoms with E-state index in [-0.39, 0.29) is 5.91 Å². The number of anilines is 1. The number of benzene rings is 1. The lowest BCUT2D eigenvalue weighted by atomic mass is 10.1. The highest BCUT2D eigenvalue weighted by atomic mass is 16.5. The van der Waals surface area contributed by atoms with E-state index in [1.165, 1.54) is 14.0 Å². The SMILES string of the molecule is COC(=O)c1cc2n(n1)CCN(Cc1ccc3cc(NC(C)=O)ccc3n1)C2. The topological polar surface area (TPSA) is 89.4 Å². The summed E-state index contributed by atoms with van der Waals surface area (Å²) in [6, 6.07) is 11.5. The second kappa shape index (κ2) is 7.40. The lowest BCUT2D eigenvalue weighted by Gasteiger charge is -2.27. The molecule has 1 aromatic carbocycles. The zero-order chi connectivity index (χ0) is 19.7. The molecule has 0 saturated heterocycles. The van der Waals surface area contributed by atoms with E-state index in [2.05, 4.69) is 15.3 Å². The fourth-order valence-electron chi connectivity index (χ4n) is 3.43. The number of hydrogen-bond donors (Lipinski definition) is 1. The predicted octanol–water partition coefficient (Wildman–Crippen LogP) is 2.19. The molecule has 1 aliphatic heterocycles. The fraction of sp³-hybridized carbons (Fsp3) is 0.300. The number of pyridine rings is 1. The van der Waals surface area contributed by atoms with E-state index in [1.807, 2.05) is 35.0 Å². The molecular formula is C20H21N5O3. The number of hydrogen-bond acceptors (Lipinski definition) is 6. The van der Waals surface area contributed by atoms with Crippen molar-refractivity contribution in [1.82, 2.24) is 19.7 Å². The van der Waals surface area contributed by atoms with Crippen LogP contribution in [0.1, 0.15) is 28.8 Å². The molecule has 8 heteroatoms. The molecule has 0 fully saturated rings. The highest BCUT2D eigenvalue weighted by Gasteiger charge is 2.21. The van der Waals surface area contributed by atoms with Crippen molar-refractivity contribution in [3.05, 3.63) is 53.5 Å². The number of methoxy groups -OCH3 is 1. The molecular weight excluding hydrogens is 358 g/mol. The average Bonchev–Trinajstić information content (AvgIpc) is 3.10. The first-order valence-corrected chi connectivity index (χ1v) is 9.06. The Hall–Kier alpha value is -3.26. The molecule has 3 aromatic rings. The van der Waals surface area contributed by atoms with Gasteiger partial charge in [-0.1, -0.05) is 6.07 Å². The molecule has 28 heavy (non-hydrogen) atoms. The van der Waals surface area contributed by atoms with Gasteiger partial charge in [0.1, 0.15) is 0 Å². The number of carbonyl (C=O) groups is 2. The minimum atomic E-state index is -0.414. The van der Waals surface area contributed by atoms with Crippen LogP contribution in [0.5, 0.6) is 0 Å². The Morgan fingerprint density at radius 2 is 2.04 bits per heavy atom. The molecule has 0 saturated carbocycles. The van der Waals surface area contributed by atoms with Crippen molar-refractivity contribution < 1.29 is 14.3 Å². The molecule has 0 unspecified atom stereocenters. The van der Waals surface area contributed by atoms with Crippen LogP contribution in [0.4, 0.5) is 5.69 Å². The van der Waals surface area contributed by atoms with Gasteiger partial charge in [0.2, 0.25) is 5.91 Å². The van der Waals surface area contributed by atoms with Gasteiger partial charge >= 0.3 is 5.97 Å². The van der Waals surface area contributed by atoms with Crippen molar-refractivity contribution in [1.29, 1.82) is 0 Å². The number of nitrogens with zero attached hydrogens (tertiary/aromatic N) is 4. The predicted molar refractivity (Wildman–Crippen MR) is 104 cm³/mol. The summed E-state index contributed by atoms with van der Waals surface area (Å²) in [7, 11) is 1.36. The second-order valence-electron chi connectivity index (χ2n) is 6.84. The fourth-order valence-corrected chi connectivity index (χ4v) is 3.43. The maximum atomic E-state index is 11.7. The molecule has 4 rings (SSSR count). The number of rotatable bonds is 4. The number of fused-ring (bicyclic) bond motifs is 2. The van der Waals surface area contributed by atoms with Crippen LogP contribution in [0.2, 0.25) is 0 Å². The molecule has 144 valence electrons. The molecule has 1 N–H and O–H groups in total. The molecule has 0 aliphatic carbocycles. The molecule has 0 spiro atoms. The van der Waals surface area contributed by atoms with E-state index in [0.29, 0.717) is 18.8 Å². The molecule has 1 aliphatic rings. The van der Waals surface area contributed by atoms with Crippen molar-refractivity contribution in [2.45, 2.75) is 26.6 Å². The van der Waals surface area contributed by atoms with E-state index in [4.69, 9.17) is 9.72 Å². The first-order chi connectivity index (χ1) is 13.5. The van der Waals surface area contributed by atoms with E-state index in [9.17, 15) is 9.59 Å². The zero-order valence-electron chi connectivity index (χ0n) is 15.8. The summed E-state index contributed by atoms with van der Waals surface area (Å²) >= 11 is 0. The van der Waals surface area contributed by atoms with Gasteiger partial charge in [-0.05, 0) is 30.3 Å². The van der Waals surface area contributed by atoms with Crippen molar-refractivity contribution in [3.63, 3.8) is 0 Å². The third kappa shape index (κ3) is 3.72. The van der Waals surface area contributed by atoms with Crippen LogP contribution in [0.3, 0.4) is 0 Å². The number of carbonyl (C=O) groups excluding carboxylic acids is 2. The van der Waals surface area contributed by atoms with Crippen LogP contribution in [0.25, 0.3) is 10.9 Å². The highest BCUT2D eigenvalue weighted by molar-refractivity contribution is 5.92. The summed E-state index contributed by atoms with van der Waals surface area (Å²) < 4.78 is 6.61. The van der Waals surface area contributed by atoms with E-state index < -0.39 is 5.97 Å². The first kappa shape index (κ1) is 18.1. The Kier molecular flexibility index (Phi) is 4.79. The summed E-state index contributed by atoms with van der Waals surface area (Å²) in [4.78, 5) is 29.9. The first-order valence-electron chi connectivity index (χ1n) is 9.06. The Morgan fingerprint density at radius 3 is 2.82 bits per heavy atom. The van der Waals surface area contributed by atoms with Crippen LogP contribution in [-0.4, -0.2) is 45.2 Å². The van der Waals surface area contributed by atoms with Crippen molar-refractivity contribution in [2.75, 3.05) is 19.0 Å². The van der Waals surface area contributed by atoms with Gasteiger partial charge in [-0.2, -0.15) is 5.10 Å². The Balaban J connectivity index is 1.48. The normalized spacial score (nSPS) is 13.9. The number of esters is 1. The van der Waals surface area contributed by atoms with Gasteiger partial charge in [-0.15, -0.1) is 0 Å². The van der Waals surface area contributed by atoms with Gasteiger partial charge in [0.15, 0.2) is 5.69 Å². The zero-order valence-corrected chi connectivity index (χ0v) is 15.8. The Bertz CT molecular complexity index is 1060. The number of amides is 1. The molecule has 0 atom stereocenters. The van der Waals surface area contributed by atoms with Gasteiger partial charge in [0, 0.05) is 37.6 Å². The molecule has 3 heterocycles. The van der Waals surface area contributed by atoms with Gasteiger partial charge in [0.25, 0.3) is 0 Å². The molecule has 0 radical (unpaired) electrons. The van der Waals surface area contributed by atoms with Crippen molar-refractivity contribution in [3.8, 4) is 0 Å². The molecule has 1 amide bonds. The number of nitrogens with one attached hydrogen (secondary N) is 1. The summed E-state index contributed by atoms with van der Waals surface area (Å²) in [5, 5.41) is 8.07. The Morgan fingerprint density at radius 1 is 1.18 bits per heavy atom. The summed E-state index contributed by atoms with van der Waals surface area (Å²) in [5.41, 5.74) is 3.97. The average molecular weight is 379 g/mol. The van der Waals surface area contributed by atoms with Crippen molar-refractivity contribution >= 4 is 28.5 Å². The van der Waals surface area contributed by atoms with E-state index >= 15 is 0 Å². The van der Waals surface area contributed by atoms with Crippen LogP contribution < -0.4 is 5.32 Å². The number of aromatic nitrogens is 3. The maximum absolute atomic E-state index is 11.7. The van der Waals surface area contributed by atoms with Crippen LogP contribution in [0.15, 0.2) is 36.4 Å². The van der Waals surface area contributed by atoms with Gasteiger partial charge in [0.05, 0.1) is 30.6 Å². The monoisotopic (exact) mass is 379 g/mol. The second-order valence-corrected chi connectivity index (χ2v) is 6.84. The largest absolute Gasteiger partial charge is 0.464 e. The minimum absolute atomic E-state index is 0.0939. The quantitative estimate of drug-likeness (QED) is 0.699. The minimum Gasteiger partial charge on any atom is -0.464 e. The lowest BCUT2D eigenvalue weighted by molar-refractivity contribution is -0.114. The van der Waals surface area contributed by atoms with Crippen LogP contribution >= 0.6 is 0 Å². The highest BCUT2D eigenvalue weighted by Crippen LogP contribution is 2.20. The molecule has 0 bridgehead atoms. The van der Waals surface area contributed by atoms with Crippen LogP contribution in [-0.2, 0) is 29.2 Å². The van der Waals surface area contributed by atoms with Gasteiger partial charge in [-0.3, -0.25) is 19.4 Å². The summed E-state index contributed by atoms with van der Waals surface area (Å²) in [6.45, 7) is 4.45. The van der Waals surface area contributed by atoms with Crippen molar-refractivity contribution in [2.24, 2.45) is 0 Å². The number of ether oxygens (including phenoxy) is 1. The smallest absolute Gasteiger partial charge is 0.358 e. The lowest BCUT2D eigenvalue weighted by Crippen LogP contribution is -2.33. The van der Waals surface area contributed by atoms with E-state index in [1.54, 1.807) is 6.07 Å². The molecule has 8 nitrogen and oxygen atoms in total. The Labute approximate surface area is 162 Å². The van der Waals surface area contributed by atoms with E-state index in [0.717, 1.165) is 41.1 Å². The maximum Gasteiger partial charge on any atom is 0.358 e. The molecule has 2 aromatic heterocycles. The standard InChI is InChI=1S/C20H21N5O3/c1-13(26)21-15-5-6-18-14(9-15)3-4-16(22-18)11-24-7-8-25-17(12-24)10-19(23-25)20(27)28-2/h3-6,9-10H,7-8,11-12H2,1-2H3,(H,21,26).